The van der Waals surface area contributed by atoms with E-state index in [2.05, 4.69) is 10.6 Å². The first-order chi connectivity index (χ1) is 11.7. The van der Waals surface area contributed by atoms with Gasteiger partial charge in [-0.25, -0.2) is 0 Å². The van der Waals surface area contributed by atoms with Gasteiger partial charge < -0.3 is 15.1 Å². The van der Waals surface area contributed by atoms with Gasteiger partial charge in [0.15, 0.2) is 0 Å². The van der Waals surface area contributed by atoms with Crippen molar-refractivity contribution >= 4 is 34.5 Å². The summed E-state index contributed by atoms with van der Waals surface area (Å²) in [5.74, 6) is -0.372. The van der Waals surface area contributed by atoms with Gasteiger partial charge in [-0.15, -0.1) is 22.7 Å². The monoisotopic (exact) mass is 360 g/mol. The van der Waals surface area contributed by atoms with Crippen molar-refractivity contribution in [2.75, 3.05) is 6.54 Å². The molecular weight excluding hydrogens is 344 g/mol. The van der Waals surface area contributed by atoms with Crippen LogP contribution in [0, 0.1) is 0 Å². The SMILES string of the molecule is O=C(NCCc1ccc(-c2ccco2)s1)C(=O)NCc1cccs1. The van der Waals surface area contributed by atoms with Crippen molar-refractivity contribution in [1.82, 2.24) is 10.6 Å². The molecule has 0 saturated carbocycles. The Morgan fingerprint density at radius 2 is 1.88 bits per heavy atom. The molecule has 0 unspecified atom stereocenters. The Bertz CT molecular complexity index is 792. The lowest BCUT2D eigenvalue weighted by Crippen LogP contribution is -2.40. The zero-order valence-electron chi connectivity index (χ0n) is 12.8. The number of furan rings is 1. The zero-order chi connectivity index (χ0) is 16.8. The standard InChI is InChI=1S/C17H16N2O3S2/c20-16(17(21)19-11-13-3-2-10-23-13)18-8-7-12-5-6-15(24-12)14-4-1-9-22-14/h1-6,9-10H,7-8,11H2,(H,18,20)(H,19,21). The van der Waals surface area contributed by atoms with Crippen LogP contribution >= 0.6 is 22.7 Å². The van der Waals surface area contributed by atoms with E-state index in [1.807, 2.05) is 41.8 Å². The number of rotatable bonds is 6. The summed E-state index contributed by atoms with van der Waals surface area (Å²) in [5.41, 5.74) is 0. The number of hydrogen-bond acceptors (Lipinski definition) is 5. The van der Waals surface area contributed by atoms with Crippen LogP contribution in [0.15, 0.2) is 52.5 Å². The second-order valence-corrected chi connectivity index (χ2v) is 7.21. The van der Waals surface area contributed by atoms with Crippen LogP contribution in [0.5, 0.6) is 0 Å². The fourth-order valence-electron chi connectivity index (χ4n) is 2.10. The largest absolute Gasteiger partial charge is 0.464 e. The van der Waals surface area contributed by atoms with Gasteiger partial charge in [0.1, 0.15) is 5.76 Å². The third kappa shape index (κ3) is 4.33. The summed E-state index contributed by atoms with van der Waals surface area (Å²) in [6, 6.07) is 11.6. The average Bonchev–Trinajstić information content (AvgIpc) is 3.33. The minimum atomic E-state index is -0.606. The number of carbonyl (C=O) groups is 2. The lowest BCUT2D eigenvalue weighted by atomic mass is 10.3. The number of thiophene rings is 2. The van der Waals surface area contributed by atoms with Gasteiger partial charge >= 0.3 is 11.8 Å². The summed E-state index contributed by atoms with van der Waals surface area (Å²) in [6.45, 7) is 0.796. The first kappa shape index (κ1) is 16.5. The van der Waals surface area contributed by atoms with Gasteiger partial charge in [0.05, 0.1) is 17.7 Å². The molecule has 24 heavy (non-hydrogen) atoms. The molecule has 3 rings (SSSR count). The van der Waals surface area contributed by atoms with Crippen molar-refractivity contribution in [3.8, 4) is 10.6 Å². The smallest absolute Gasteiger partial charge is 0.309 e. The van der Waals surface area contributed by atoms with Crippen LogP contribution in [0.3, 0.4) is 0 Å². The Kier molecular flexibility index (Phi) is 5.45. The summed E-state index contributed by atoms with van der Waals surface area (Å²) in [7, 11) is 0. The molecule has 0 atom stereocenters. The van der Waals surface area contributed by atoms with Gasteiger partial charge in [0, 0.05) is 16.3 Å². The van der Waals surface area contributed by atoms with Crippen LogP contribution in [0.1, 0.15) is 9.75 Å². The molecule has 0 saturated heterocycles. The highest BCUT2D eigenvalue weighted by molar-refractivity contribution is 7.15. The Hall–Kier alpha value is -2.38. The molecule has 3 aromatic rings. The lowest BCUT2D eigenvalue weighted by molar-refractivity contribution is -0.139. The molecule has 5 nitrogen and oxygen atoms in total. The number of hydrogen-bond donors (Lipinski definition) is 2. The second-order valence-electron chi connectivity index (χ2n) is 5.01. The molecule has 7 heteroatoms. The molecule has 0 fully saturated rings. The van der Waals surface area contributed by atoms with E-state index in [0.717, 1.165) is 20.4 Å². The van der Waals surface area contributed by atoms with Gasteiger partial charge in [-0.1, -0.05) is 6.07 Å². The maximum atomic E-state index is 11.8. The van der Waals surface area contributed by atoms with Crippen molar-refractivity contribution < 1.29 is 14.0 Å². The predicted octanol–water partition coefficient (Wildman–Crippen LogP) is 3.04. The normalized spacial score (nSPS) is 10.5. The van der Waals surface area contributed by atoms with E-state index in [-0.39, 0.29) is 0 Å². The van der Waals surface area contributed by atoms with Crippen LogP contribution < -0.4 is 10.6 Å². The maximum absolute atomic E-state index is 11.8. The molecule has 0 aromatic carbocycles. The highest BCUT2D eigenvalue weighted by Crippen LogP contribution is 2.28. The van der Waals surface area contributed by atoms with Crippen molar-refractivity contribution in [2.24, 2.45) is 0 Å². The van der Waals surface area contributed by atoms with E-state index < -0.39 is 11.8 Å². The Labute approximate surface area is 147 Å². The molecule has 0 radical (unpaired) electrons. The van der Waals surface area contributed by atoms with Crippen LogP contribution in [0.25, 0.3) is 10.6 Å². The van der Waals surface area contributed by atoms with Crippen molar-refractivity contribution in [3.05, 3.63) is 57.8 Å². The molecule has 0 bridgehead atoms. The van der Waals surface area contributed by atoms with Crippen molar-refractivity contribution in [2.45, 2.75) is 13.0 Å². The van der Waals surface area contributed by atoms with Crippen LogP contribution in [-0.4, -0.2) is 18.4 Å². The molecule has 2 N–H and O–H groups in total. The Balaban J connectivity index is 1.41. The van der Waals surface area contributed by atoms with Crippen LogP contribution in [-0.2, 0) is 22.6 Å². The highest BCUT2D eigenvalue weighted by Gasteiger charge is 2.13. The first-order valence-electron chi connectivity index (χ1n) is 7.43. The zero-order valence-corrected chi connectivity index (χ0v) is 14.4. The van der Waals surface area contributed by atoms with E-state index >= 15 is 0 Å². The van der Waals surface area contributed by atoms with E-state index in [0.29, 0.717) is 19.5 Å². The molecule has 0 aliphatic heterocycles. The first-order valence-corrected chi connectivity index (χ1v) is 9.13. The quantitative estimate of drug-likeness (QED) is 0.664. The summed E-state index contributed by atoms with van der Waals surface area (Å²) >= 11 is 3.16. The molecule has 2 amide bonds. The van der Waals surface area contributed by atoms with Crippen LogP contribution in [0.4, 0.5) is 0 Å². The van der Waals surface area contributed by atoms with Crippen molar-refractivity contribution in [3.63, 3.8) is 0 Å². The summed E-state index contributed by atoms with van der Waals surface area (Å²) < 4.78 is 5.35. The van der Waals surface area contributed by atoms with E-state index in [9.17, 15) is 9.59 Å². The molecule has 0 aliphatic rings. The summed E-state index contributed by atoms with van der Waals surface area (Å²) in [4.78, 5) is 26.7. The highest BCUT2D eigenvalue weighted by atomic mass is 32.1. The average molecular weight is 360 g/mol. The summed E-state index contributed by atoms with van der Waals surface area (Å²) in [6.07, 6.45) is 2.32. The third-order valence-electron chi connectivity index (χ3n) is 3.29. The number of carbonyl (C=O) groups excluding carboxylic acids is 2. The van der Waals surface area contributed by atoms with E-state index in [1.54, 1.807) is 28.9 Å². The molecule has 0 spiro atoms. The summed E-state index contributed by atoms with van der Waals surface area (Å²) in [5, 5.41) is 7.18. The van der Waals surface area contributed by atoms with E-state index in [1.165, 1.54) is 0 Å². The lowest BCUT2D eigenvalue weighted by Gasteiger charge is -2.05. The Morgan fingerprint density at radius 1 is 1.00 bits per heavy atom. The molecule has 124 valence electrons. The van der Waals surface area contributed by atoms with Gasteiger partial charge in [0.25, 0.3) is 0 Å². The molecule has 3 aromatic heterocycles. The third-order valence-corrected chi connectivity index (χ3v) is 5.33. The minimum absolute atomic E-state index is 0.376. The van der Waals surface area contributed by atoms with Gasteiger partial charge in [0.2, 0.25) is 0 Å². The van der Waals surface area contributed by atoms with E-state index in [4.69, 9.17) is 4.42 Å². The number of amides is 2. The van der Waals surface area contributed by atoms with Crippen molar-refractivity contribution in [1.29, 1.82) is 0 Å². The van der Waals surface area contributed by atoms with Gasteiger partial charge in [-0.05, 0) is 42.1 Å². The van der Waals surface area contributed by atoms with Gasteiger partial charge in [-0.2, -0.15) is 0 Å². The fourth-order valence-corrected chi connectivity index (χ4v) is 3.72. The molecule has 3 heterocycles. The number of nitrogens with one attached hydrogen (secondary N) is 2. The van der Waals surface area contributed by atoms with Crippen LogP contribution in [0.2, 0.25) is 0 Å². The topological polar surface area (TPSA) is 71.3 Å². The predicted molar refractivity (Wildman–Crippen MR) is 94.9 cm³/mol. The second kappa shape index (κ2) is 7.94. The fraction of sp³-hybridized carbons (Fsp3) is 0.176. The molecular formula is C17H16N2O3S2. The maximum Gasteiger partial charge on any atom is 0.309 e. The molecule has 0 aliphatic carbocycles. The minimum Gasteiger partial charge on any atom is -0.464 e. The van der Waals surface area contributed by atoms with Gasteiger partial charge in [-0.3, -0.25) is 9.59 Å². The Morgan fingerprint density at radius 3 is 2.62 bits per heavy atom.